The molecule has 266 valence electrons. The average Bonchev–Trinajstić information content (AvgIpc) is 3.94. The van der Waals surface area contributed by atoms with Gasteiger partial charge in [0.15, 0.2) is 11.6 Å². The van der Waals surface area contributed by atoms with Gasteiger partial charge in [0.1, 0.15) is 0 Å². The molecule has 12 aromatic rings. The molecular formula is C51H31N5S. The third-order valence-corrected chi connectivity index (χ3v) is 12.3. The Morgan fingerprint density at radius 3 is 1.61 bits per heavy atom. The van der Waals surface area contributed by atoms with Gasteiger partial charge in [-0.3, -0.25) is 4.57 Å². The molecule has 12 rings (SSSR count). The van der Waals surface area contributed by atoms with Crippen LogP contribution in [0, 0.1) is 0 Å². The van der Waals surface area contributed by atoms with E-state index in [4.69, 9.17) is 15.0 Å². The molecule has 8 aromatic carbocycles. The van der Waals surface area contributed by atoms with Gasteiger partial charge in [0.2, 0.25) is 5.95 Å². The van der Waals surface area contributed by atoms with Gasteiger partial charge in [-0.05, 0) is 35.9 Å². The van der Waals surface area contributed by atoms with E-state index in [0.717, 1.165) is 66.2 Å². The maximum Gasteiger partial charge on any atom is 0.238 e. The van der Waals surface area contributed by atoms with Gasteiger partial charge in [-0.15, -0.1) is 11.3 Å². The summed E-state index contributed by atoms with van der Waals surface area (Å²) in [6.45, 7) is 0. The molecule has 57 heavy (non-hydrogen) atoms. The highest BCUT2D eigenvalue weighted by Crippen LogP contribution is 2.43. The maximum atomic E-state index is 5.40. The van der Waals surface area contributed by atoms with Gasteiger partial charge < -0.3 is 4.57 Å². The van der Waals surface area contributed by atoms with Crippen LogP contribution in [0.5, 0.6) is 0 Å². The third kappa shape index (κ3) is 4.91. The van der Waals surface area contributed by atoms with E-state index in [-0.39, 0.29) is 0 Å². The number of hydrogen-bond acceptors (Lipinski definition) is 4. The van der Waals surface area contributed by atoms with E-state index in [1.54, 1.807) is 11.3 Å². The highest BCUT2D eigenvalue weighted by Gasteiger charge is 2.24. The molecule has 0 radical (unpaired) electrons. The number of aromatic nitrogens is 5. The highest BCUT2D eigenvalue weighted by molar-refractivity contribution is 7.25. The average molecular weight is 746 g/mol. The summed E-state index contributed by atoms with van der Waals surface area (Å²) >= 11 is 1.80. The zero-order valence-corrected chi connectivity index (χ0v) is 31.4. The molecule has 0 fully saturated rings. The van der Waals surface area contributed by atoms with Crippen LogP contribution in [0.15, 0.2) is 188 Å². The van der Waals surface area contributed by atoms with Crippen LogP contribution in [0.4, 0.5) is 0 Å². The van der Waals surface area contributed by atoms with Crippen molar-refractivity contribution in [1.82, 2.24) is 24.1 Å². The maximum absolute atomic E-state index is 5.40. The summed E-state index contributed by atoms with van der Waals surface area (Å²) in [4.78, 5) is 15.9. The van der Waals surface area contributed by atoms with Gasteiger partial charge in [0, 0.05) is 58.4 Å². The van der Waals surface area contributed by atoms with E-state index in [2.05, 4.69) is 179 Å². The van der Waals surface area contributed by atoms with Crippen molar-refractivity contribution in [3.05, 3.63) is 188 Å². The largest absolute Gasteiger partial charge is 0.307 e. The predicted molar refractivity (Wildman–Crippen MR) is 238 cm³/mol. The number of hydrogen-bond donors (Lipinski definition) is 0. The van der Waals surface area contributed by atoms with E-state index in [1.165, 1.54) is 25.6 Å². The van der Waals surface area contributed by atoms with Gasteiger partial charge in [-0.25, -0.2) is 4.98 Å². The van der Waals surface area contributed by atoms with Crippen molar-refractivity contribution in [3.8, 4) is 45.5 Å². The lowest BCUT2D eigenvalue weighted by Gasteiger charge is -2.16. The van der Waals surface area contributed by atoms with Crippen LogP contribution in [0.25, 0.3) is 109 Å². The van der Waals surface area contributed by atoms with Crippen LogP contribution in [-0.4, -0.2) is 24.1 Å². The minimum atomic E-state index is 0.571. The summed E-state index contributed by atoms with van der Waals surface area (Å²) < 4.78 is 7.19. The molecule has 4 heterocycles. The molecule has 0 aliphatic heterocycles. The molecule has 0 aliphatic rings. The van der Waals surface area contributed by atoms with Gasteiger partial charge in [0.05, 0.1) is 27.8 Å². The molecule has 0 aliphatic carbocycles. The Morgan fingerprint density at radius 2 is 0.877 bits per heavy atom. The van der Waals surface area contributed by atoms with Crippen LogP contribution in [-0.2, 0) is 0 Å². The molecular weight excluding hydrogens is 715 g/mol. The SMILES string of the molecule is c1ccc(-c2nc(-c3ccc4c(c3)sc3ccccc34)nc(-n3c4ccccc4c4ccc5c6ccccc6n(-c6ccccc6-c6ccccc6)c5c43)n2)cc1. The fourth-order valence-corrected chi connectivity index (χ4v) is 9.81. The molecule has 0 saturated heterocycles. The Labute approximate surface area is 331 Å². The van der Waals surface area contributed by atoms with E-state index in [9.17, 15) is 0 Å². The van der Waals surface area contributed by atoms with Crippen molar-refractivity contribution in [1.29, 1.82) is 0 Å². The Bertz CT molecular complexity index is 3520. The first kappa shape index (κ1) is 31.9. The Balaban J connectivity index is 1.21. The molecule has 6 heteroatoms. The van der Waals surface area contributed by atoms with Crippen LogP contribution in [0.1, 0.15) is 0 Å². The number of benzene rings is 8. The summed E-state index contributed by atoms with van der Waals surface area (Å²) in [5.74, 6) is 1.83. The molecule has 0 bridgehead atoms. The van der Waals surface area contributed by atoms with E-state index in [0.29, 0.717) is 17.6 Å². The summed E-state index contributed by atoms with van der Waals surface area (Å²) in [6.07, 6.45) is 0. The molecule has 4 aromatic heterocycles. The number of nitrogens with zero attached hydrogens (tertiary/aromatic N) is 5. The first-order chi connectivity index (χ1) is 28.3. The second-order valence-electron chi connectivity index (χ2n) is 14.4. The van der Waals surface area contributed by atoms with E-state index < -0.39 is 0 Å². The zero-order valence-electron chi connectivity index (χ0n) is 30.5. The van der Waals surface area contributed by atoms with Crippen molar-refractivity contribution in [3.63, 3.8) is 0 Å². The van der Waals surface area contributed by atoms with Crippen molar-refractivity contribution in [2.75, 3.05) is 0 Å². The molecule has 0 amide bonds. The van der Waals surface area contributed by atoms with Gasteiger partial charge in [-0.1, -0.05) is 158 Å². The summed E-state index contributed by atoms with van der Waals surface area (Å²) in [5.41, 5.74) is 9.63. The Hall–Kier alpha value is -7.41. The number of rotatable bonds is 5. The van der Waals surface area contributed by atoms with Crippen molar-refractivity contribution in [2.45, 2.75) is 0 Å². The van der Waals surface area contributed by atoms with Gasteiger partial charge >= 0.3 is 0 Å². The minimum absolute atomic E-state index is 0.571. The topological polar surface area (TPSA) is 48.5 Å². The quantitative estimate of drug-likeness (QED) is 0.176. The normalized spacial score (nSPS) is 11.9. The number of thiophene rings is 1. The lowest BCUT2D eigenvalue weighted by Crippen LogP contribution is -2.07. The lowest BCUT2D eigenvalue weighted by molar-refractivity contribution is 0.953. The molecule has 5 nitrogen and oxygen atoms in total. The van der Waals surface area contributed by atoms with Gasteiger partial charge in [-0.2, -0.15) is 9.97 Å². The fourth-order valence-electron chi connectivity index (χ4n) is 8.66. The van der Waals surface area contributed by atoms with Crippen LogP contribution < -0.4 is 0 Å². The van der Waals surface area contributed by atoms with Crippen LogP contribution in [0.2, 0.25) is 0 Å². The van der Waals surface area contributed by atoms with Crippen molar-refractivity contribution < 1.29 is 0 Å². The number of fused-ring (bicyclic) bond motifs is 10. The Kier molecular flexibility index (Phi) is 7.03. The first-order valence-corrected chi connectivity index (χ1v) is 19.9. The van der Waals surface area contributed by atoms with E-state index >= 15 is 0 Å². The first-order valence-electron chi connectivity index (χ1n) is 19.1. The zero-order chi connectivity index (χ0) is 37.5. The third-order valence-electron chi connectivity index (χ3n) is 11.2. The minimum Gasteiger partial charge on any atom is -0.307 e. The summed E-state index contributed by atoms with van der Waals surface area (Å²) in [5, 5.41) is 7.13. The molecule has 0 saturated carbocycles. The Morgan fingerprint density at radius 1 is 0.351 bits per heavy atom. The van der Waals surface area contributed by atoms with Crippen LogP contribution in [0.3, 0.4) is 0 Å². The predicted octanol–water partition coefficient (Wildman–Crippen LogP) is 13.4. The second-order valence-corrected chi connectivity index (χ2v) is 15.5. The highest BCUT2D eigenvalue weighted by atomic mass is 32.1. The molecule has 0 N–H and O–H groups in total. The number of para-hydroxylation sites is 3. The fraction of sp³-hybridized carbons (Fsp3) is 0. The van der Waals surface area contributed by atoms with Gasteiger partial charge in [0.25, 0.3) is 0 Å². The summed E-state index contributed by atoms with van der Waals surface area (Å²) in [7, 11) is 0. The molecule has 0 spiro atoms. The monoisotopic (exact) mass is 745 g/mol. The molecule has 0 unspecified atom stereocenters. The lowest BCUT2D eigenvalue weighted by atomic mass is 10.0. The van der Waals surface area contributed by atoms with Crippen molar-refractivity contribution in [2.24, 2.45) is 0 Å². The van der Waals surface area contributed by atoms with E-state index in [1.807, 2.05) is 18.2 Å². The standard InChI is InChI=1S/C51H31N5S/c1-3-15-32(16-4-1)35-19-7-11-23-42(35)55-43-24-12-8-20-36(43)40-29-30-41-37-21-9-13-25-44(37)56(48(41)47(40)55)51-53-49(33-17-5-2-6-18-33)52-50(54-51)34-27-28-39-38-22-10-14-26-45(38)57-46(39)31-34/h1-31H. The van der Waals surface area contributed by atoms with Crippen molar-refractivity contribution >= 4 is 75.1 Å². The summed E-state index contributed by atoms with van der Waals surface area (Å²) in [6, 6.07) is 66.7. The molecule has 0 atom stereocenters. The second kappa shape index (κ2) is 12.6. The van der Waals surface area contributed by atoms with Crippen LogP contribution >= 0.6 is 11.3 Å². The smallest absolute Gasteiger partial charge is 0.238 e.